The van der Waals surface area contributed by atoms with Crippen molar-refractivity contribution in [1.29, 1.82) is 0 Å². The number of ether oxygens (including phenoxy) is 3. The third kappa shape index (κ3) is 35.0. The van der Waals surface area contributed by atoms with E-state index in [9.17, 15) is 14.4 Å². The van der Waals surface area contributed by atoms with E-state index in [-0.39, 0.29) is 5.97 Å². The summed E-state index contributed by atoms with van der Waals surface area (Å²) in [4.78, 5) is 30.0. The number of hydrogen-bond acceptors (Lipinski definition) is 6. The minimum absolute atomic E-state index is 0.277. The normalized spacial score (nSPS) is 7.86. The molecule has 0 fully saturated rings. The highest BCUT2D eigenvalue weighted by Gasteiger charge is 1.92. The van der Waals surface area contributed by atoms with E-state index in [0.29, 0.717) is 19.7 Å². The van der Waals surface area contributed by atoms with Gasteiger partial charge in [-0.3, -0.25) is 14.4 Å². The second-order valence-corrected chi connectivity index (χ2v) is 4.62. The lowest BCUT2D eigenvalue weighted by molar-refractivity contribution is -0.141. The first kappa shape index (κ1) is 33.4. The van der Waals surface area contributed by atoms with Gasteiger partial charge in [0.15, 0.2) is 0 Å². The van der Waals surface area contributed by atoms with Crippen molar-refractivity contribution in [2.24, 2.45) is 0 Å². The highest BCUT2D eigenvalue weighted by Crippen LogP contribution is 1.99. The number of methoxy groups -OCH3 is 1. The standard InChI is InChI=1S/C8H8O.C7H12O4.C3H8O.2C2H6/c1-7-3-2-4-8(5-7)6-9;1-7(9)11-5-3-2-4-10-6-8;1-3-4-2;2*1-2/h2-6H,1H3;6H,2-5H2,1H3;3H2,1-2H3;2*1-2H3. The Kier molecular flexibility index (Phi) is 38.7. The van der Waals surface area contributed by atoms with Crippen molar-refractivity contribution in [2.45, 2.75) is 61.3 Å². The van der Waals surface area contributed by atoms with Gasteiger partial charge in [-0.25, -0.2) is 0 Å². The number of hydrogen-bond donors (Lipinski definition) is 0. The Morgan fingerprint density at radius 3 is 1.93 bits per heavy atom. The molecule has 1 aromatic carbocycles. The van der Waals surface area contributed by atoms with E-state index in [0.717, 1.165) is 36.9 Å². The van der Waals surface area contributed by atoms with Crippen molar-refractivity contribution >= 4 is 18.7 Å². The Morgan fingerprint density at radius 2 is 1.57 bits per heavy atom. The highest BCUT2D eigenvalue weighted by molar-refractivity contribution is 5.74. The van der Waals surface area contributed by atoms with Crippen molar-refractivity contribution in [3.63, 3.8) is 0 Å². The van der Waals surface area contributed by atoms with Gasteiger partial charge >= 0.3 is 5.97 Å². The monoisotopic (exact) mass is 400 g/mol. The van der Waals surface area contributed by atoms with Gasteiger partial charge in [0.05, 0.1) is 13.2 Å². The van der Waals surface area contributed by atoms with Crippen LogP contribution in [0.2, 0.25) is 0 Å². The van der Waals surface area contributed by atoms with Gasteiger partial charge < -0.3 is 14.2 Å². The Hall–Kier alpha value is -2.21. The van der Waals surface area contributed by atoms with Crippen LogP contribution in [0.25, 0.3) is 0 Å². The zero-order valence-electron chi connectivity index (χ0n) is 18.9. The van der Waals surface area contributed by atoms with Gasteiger partial charge in [0, 0.05) is 26.2 Å². The molecule has 0 spiro atoms. The Labute approximate surface area is 171 Å². The third-order valence-electron chi connectivity index (χ3n) is 2.50. The predicted molar refractivity (Wildman–Crippen MR) is 115 cm³/mol. The average Bonchev–Trinajstić information content (AvgIpc) is 2.74. The number of aldehydes is 1. The molecule has 0 aliphatic heterocycles. The van der Waals surface area contributed by atoms with Crippen LogP contribution in [-0.4, -0.2) is 45.7 Å². The molecule has 0 bridgehead atoms. The molecule has 0 saturated carbocycles. The number of esters is 1. The molecule has 0 aromatic heterocycles. The lowest BCUT2D eigenvalue weighted by atomic mass is 10.2. The summed E-state index contributed by atoms with van der Waals surface area (Å²) in [6, 6.07) is 7.49. The van der Waals surface area contributed by atoms with E-state index in [4.69, 9.17) is 0 Å². The molecule has 1 aromatic rings. The van der Waals surface area contributed by atoms with Gasteiger partial charge in [0.1, 0.15) is 6.29 Å². The summed E-state index contributed by atoms with van der Waals surface area (Å²) in [5, 5.41) is 0. The SMILES string of the molecule is CC.CC.CC(=O)OCCCCOC=O.CCOC.Cc1cccc(C=O)c1. The Bertz CT molecular complexity index is 444. The number of aryl methyl sites for hydroxylation is 1. The third-order valence-corrected chi connectivity index (χ3v) is 2.50. The van der Waals surface area contributed by atoms with Gasteiger partial charge in [-0.05, 0) is 32.8 Å². The largest absolute Gasteiger partial charge is 0.468 e. The summed E-state index contributed by atoms with van der Waals surface area (Å²) in [5.74, 6) is -0.277. The van der Waals surface area contributed by atoms with Gasteiger partial charge in [-0.15, -0.1) is 0 Å². The van der Waals surface area contributed by atoms with Crippen molar-refractivity contribution in [3.8, 4) is 0 Å². The average molecular weight is 401 g/mol. The summed E-state index contributed by atoms with van der Waals surface area (Å²) in [6.07, 6.45) is 2.31. The van der Waals surface area contributed by atoms with E-state index in [1.165, 1.54) is 6.92 Å². The van der Waals surface area contributed by atoms with Crippen LogP contribution >= 0.6 is 0 Å². The van der Waals surface area contributed by atoms with E-state index < -0.39 is 0 Å². The summed E-state index contributed by atoms with van der Waals surface area (Å²) < 4.78 is 13.6. The second-order valence-electron chi connectivity index (χ2n) is 4.62. The topological polar surface area (TPSA) is 78.9 Å². The number of rotatable bonds is 8. The van der Waals surface area contributed by atoms with Crippen molar-refractivity contribution in [3.05, 3.63) is 35.4 Å². The molecule has 0 saturated heterocycles. The molecule has 0 N–H and O–H groups in total. The van der Waals surface area contributed by atoms with Crippen LogP contribution < -0.4 is 0 Å². The van der Waals surface area contributed by atoms with Gasteiger partial charge in [-0.2, -0.15) is 0 Å². The maximum absolute atomic E-state index is 10.2. The molecule has 28 heavy (non-hydrogen) atoms. The molecular formula is C22H40O6. The molecule has 164 valence electrons. The number of carbonyl (C=O) groups excluding carboxylic acids is 3. The second kappa shape index (κ2) is 32.5. The first-order chi connectivity index (χ1) is 13.5. The molecule has 0 amide bonds. The number of unbranched alkanes of at least 4 members (excludes halogenated alkanes) is 1. The van der Waals surface area contributed by atoms with E-state index in [1.807, 2.05) is 59.7 Å². The van der Waals surface area contributed by atoms with Crippen LogP contribution in [-0.2, 0) is 23.8 Å². The van der Waals surface area contributed by atoms with E-state index in [1.54, 1.807) is 13.2 Å². The molecule has 1 rings (SSSR count). The fourth-order valence-electron chi connectivity index (χ4n) is 1.29. The summed E-state index contributed by atoms with van der Waals surface area (Å²) in [6.45, 7) is 15.3. The van der Waals surface area contributed by atoms with Crippen LogP contribution in [0.5, 0.6) is 0 Å². The fourth-order valence-corrected chi connectivity index (χ4v) is 1.29. The maximum Gasteiger partial charge on any atom is 0.302 e. The summed E-state index contributed by atoms with van der Waals surface area (Å²) >= 11 is 0. The van der Waals surface area contributed by atoms with Crippen molar-refractivity contribution in [1.82, 2.24) is 0 Å². The van der Waals surface area contributed by atoms with Crippen LogP contribution in [0.15, 0.2) is 24.3 Å². The molecule has 6 heteroatoms. The van der Waals surface area contributed by atoms with Crippen LogP contribution in [0.4, 0.5) is 0 Å². The number of benzene rings is 1. The molecule has 0 atom stereocenters. The summed E-state index contributed by atoms with van der Waals surface area (Å²) in [5.41, 5.74) is 1.87. The quantitative estimate of drug-likeness (QED) is 0.346. The molecule has 0 aliphatic carbocycles. The van der Waals surface area contributed by atoms with Crippen LogP contribution in [0.1, 0.15) is 70.3 Å². The first-order valence-corrected chi connectivity index (χ1v) is 9.71. The summed E-state index contributed by atoms with van der Waals surface area (Å²) in [7, 11) is 1.68. The van der Waals surface area contributed by atoms with Gasteiger partial charge in [0.2, 0.25) is 0 Å². The van der Waals surface area contributed by atoms with E-state index in [2.05, 4.69) is 14.2 Å². The van der Waals surface area contributed by atoms with Crippen molar-refractivity contribution < 1.29 is 28.6 Å². The molecule has 0 heterocycles. The van der Waals surface area contributed by atoms with Gasteiger partial charge in [0.25, 0.3) is 6.47 Å². The molecular weight excluding hydrogens is 360 g/mol. The lowest BCUT2D eigenvalue weighted by Crippen LogP contribution is -2.01. The Morgan fingerprint density at radius 1 is 1.04 bits per heavy atom. The Balaban J connectivity index is -0.000000152. The zero-order chi connectivity index (χ0) is 22.6. The molecule has 0 radical (unpaired) electrons. The zero-order valence-corrected chi connectivity index (χ0v) is 18.9. The fraction of sp³-hybridized carbons (Fsp3) is 0.591. The first-order valence-electron chi connectivity index (χ1n) is 9.71. The molecule has 0 unspecified atom stereocenters. The molecule has 0 aliphatic rings. The number of carbonyl (C=O) groups is 3. The van der Waals surface area contributed by atoms with Crippen LogP contribution in [0.3, 0.4) is 0 Å². The smallest absolute Gasteiger partial charge is 0.302 e. The van der Waals surface area contributed by atoms with Gasteiger partial charge in [-0.1, -0.05) is 51.5 Å². The predicted octanol–water partition coefficient (Wildman–Crippen LogP) is 5.02. The van der Waals surface area contributed by atoms with Crippen molar-refractivity contribution in [2.75, 3.05) is 26.9 Å². The minimum Gasteiger partial charge on any atom is -0.468 e. The maximum atomic E-state index is 10.2. The van der Waals surface area contributed by atoms with E-state index >= 15 is 0 Å². The highest BCUT2D eigenvalue weighted by atomic mass is 16.5. The lowest BCUT2D eigenvalue weighted by Gasteiger charge is -2.00. The van der Waals surface area contributed by atoms with Crippen LogP contribution in [0, 0.1) is 6.92 Å². The molecule has 6 nitrogen and oxygen atoms in total. The minimum atomic E-state index is -0.277.